The number of rotatable bonds is 2. The minimum Gasteiger partial charge on any atom is -0.478 e. The van der Waals surface area contributed by atoms with E-state index in [-0.39, 0.29) is 6.54 Å². The Morgan fingerprint density at radius 1 is 1.47 bits per heavy atom. The standard InChI is InChI=1S/C8H12N2O4S/c11-7(12)6-5-10(8(13)14-6)9-1-3-15-4-2-9/h6H,1-5H2,(H,11,12)/t6-/m1/s1. The number of cyclic esters (lactones) is 1. The van der Waals surface area contributed by atoms with Crippen LogP contribution in [0.5, 0.6) is 0 Å². The fraction of sp³-hybridized carbons (Fsp3) is 0.750. The smallest absolute Gasteiger partial charge is 0.425 e. The molecule has 2 rings (SSSR count). The van der Waals surface area contributed by atoms with Crippen LogP contribution in [0.1, 0.15) is 0 Å². The molecule has 1 amide bonds. The van der Waals surface area contributed by atoms with Gasteiger partial charge in [-0.25, -0.2) is 19.6 Å². The highest BCUT2D eigenvalue weighted by Crippen LogP contribution is 2.18. The zero-order valence-electron chi connectivity index (χ0n) is 8.09. The maximum Gasteiger partial charge on any atom is 0.425 e. The Hall–Kier alpha value is -0.950. The Balaban J connectivity index is 1.97. The lowest BCUT2D eigenvalue weighted by molar-refractivity contribution is -0.144. The number of carboxylic acid groups (broad SMARTS) is 1. The fourth-order valence-electron chi connectivity index (χ4n) is 1.61. The molecule has 2 saturated heterocycles. The predicted octanol–water partition coefficient (Wildman–Crippen LogP) is -0.144. The minimum atomic E-state index is -1.09. The zero-order valence-corrected chi connectivity index (χ0v) is 8.90. The summed E-state index contributed by atoms with van der Waals surface area (Å²) in [5.74, 6) is 0.834. The van der Waals surface area contributed by atoms with E-state index >= 15 is 0 Å². The summed E-state index contributed by atoms with van der Waals surface area (Å²) in [7, 11) is 0. The first kappa shape index (κ1) is 10.6. The van der Waals surface area contributed by atoms with Crippen LogP contribution in [-0.4, -0.2) is 64.4 Å². The van der Waals surface area contributed by atoms with Gasteiger partial charge < -0.3 is 9.84 Å². The Bertz CT molecular complexity index is 280. The van der Waals surface area contributed by atoms with Crippen molar-refractivity contribution < 1.29 is 19.4 Å². The molecule has 0 aromatic heterocycles. The van der Waals surface area contributed by atoms with Gasteiger partial charge in [-0.15, -0.1) is 0 Å². The first-order chi connectivity index (χ1) is 7.18. The maximum atomic E-state index is 11.4. The lowest BCUT2D eigenvalue weighted by Gasteiger charge is -2.32. The highest BCUT2D eigenvalue weighted by atomic mass is 32.2. The van der Waals surface area contributed by atoms with Crippen molar-refractivity contribution in [3.8, 4) is 0 Å². The van der Waals surface area contributed by atoms with E-state index in [0.29, 0.717) is 0 Å². The Morgan fingerprint density at radius 2 is 2.13 bits per heavy atom. The number of carboxylic acids is 1. The third kappa shape index (κ3) is 2.18. The number of hydrazine groups is 1. The number of nitrogens with zero attached hydrogens (tertiary/aromatic N) is 2. The number of hydrogen-bond acceptors (Lipinski definition) is 5. The molecule has 1 atom stereocenters. The molecule has 0 bridgehead atoms. The second-order valence-electron chi connectivity index (χ2n) is 3.36. The molecule has 1 N–H and O–H groups in total. The second-order valence-corrected chi connectivity index (χ2v) is 4.58. The SMILES string of the molecule is O=C(O)[C@H]1CN(N2CCSCC2)C(=O)O1. The van der Waals surface area contributed by atoms with Crippen LogP contribution in [0, 0.1) is 0 Å². The molecule has 7 heteroatoms. The first-order valence-electron chi connectivity index (χ1n) is 4.72. The maximum absolute atomic E-state index is 11.4. The Morgan fingerprint density at radius 3 is 2.67 bits per heavy atom. The van der Waals surface area contributed by atoms with Crippen LogP contribution >= 0.6 is 11.8 Å². The number of thioether (sulfide) groups is 1. The van der Waals surface area contributed by atoms with Crippen LogP contribution in [0.25, 0.3) is 0 Å². The Kier molecular flexibility index (Phi) is 3.01. The molecule has 15 heavy (non-hydrogen) atoms. The van der Waals surface area contributed by atoms with Crippen LogP contribution in [0.4, 0.5) is 4.79 Å². The number of hydrogen-bond donors (Lipinski definition) is 1. The quantitative estimate of drug-likeness (QED) is 0.714. The number of carbonyl (C=O) groups is 2. The van der Waals surface area contributed by atoms with Crippen molar-refractivity contribution in [2.45, 2.75) is 6.10 Å². The highest BCUT2D eigenvalue weighted by molar-refractivity contribution is 7.99. The van der Waals surface area contributed by atoms with Gasteiger partial charge >= 0.3 is 12.1 Å². The number of amides is 1. The van der Waals surface area contributed by atoms with E-state index < -0.39 is 18.2 Å². The van der Waals surface area contributed by atoms with E-state index in [0.717, 1.165) is 24.6 Å². The van der Waals surface area contributed by atoms with Gasteiger partial charge in [0.2, 0.25) is 6.10 Å². The molecule has 0 aromatic rings. The van der Waals surface area contributed by atoms with E-state index in [4.69, 9.17) is 9.84 Å². The first-order valence-corrected chi connectivity index (χ1v) is 5.87. The summed E-state index contributed by atoms with van der Waals surface area (Å²) in [5.41, 5.74) is 0. The molecule has 0 radical (unpaired) electrons. The monoisotopic (exact) mass is 232 g/mol. The summed E-state index contributed by atoms with van der Waals surface area (Å²) >= 11 is 1.83. The molecule has 2 heterocycles. The van der Waals surface area contributed by atoms with Gasteiger partial charge in [-0.05, 0) is 0 Å². The van der Waals surface area contributed by atoms with Gasteiger partial charge in [0.1, 0.15) is 0 Å². The molecule has 0 aromatic carbocycles. The predicted molar refractivity (Wildman–Crippen MR) is 53.5 cm³/mol. The fourth-order valence-corrected chi connectivity index (χ4v) is 2.49. The lowest BCUT2D eigenvalue weighted by atomic mass is 10.4. The van der Waals surface area contributed by atoms with Crippen molar-refractivity contribution in [3.63, 3.8) is 0 Å². The van der Waals surface area contributed by atoms with E-state index in [9.17, 15) is 9.59 Å². The average molecular weight is 232 g/mol. The third-order valence-corrected chi connectivity index (χ3v) is 3.34. The normalized spacial score (nSPS) is 27.9. The lowest BCUT2D eigenvalue weighted by Crippen LogP contribution is -2.48. The van der Waals surface area contributed by atoms with E-state index in [1.165, 1.54) is 5.01 Å². The molecule has 0 aliphatic carbocycles. The van der Waals surface area contributed by atoms with E-state index in [1.54, 1.807) is 0 Å². The van der Waals surface area contributed by atoms with Crippen LogP contribution < -0.4 is 0 Å². The molecule has 84 valence electrons. The van der Waals surface area contributed by atoms with Gasteiger partial charge in [0.25, 0.3) is 0 Å². The molecule has 6 nitrogen and oxygen atoms in total. The summed E-state index contributed by atoms with van der Waals surface area (Å²) in [6.07, 6.45) is -1.57. The number of aliphatic carboxylic acids is 1. The van der Waals surface area contributed by atoms with Crippen molar-refractivity contribution in [2.24, 2.45) is 0 Å². The largest absolute Gasteiger partial charge is 0.478 e. The van der Waals surface area contributed by atoms with E-state index in [1.807, 2.05) is 16.8 Å². The molecular formula is C8H12N2O4S. The van der Waals surface area contributed by atoms with Crippen molar-refractivity contribution >= 4 is 23.8 Å². The van der Waals surface area contributed by atoms with Gasteiger partial charge in [-0.3, -0.25) is 0 Å². The van der Waals surface area contributed by atoms with Crippen LogP contribution in [0.2, 0.25) is 0 Å². The highest BCUT2D eigenvalue weighted by Gasteiger charge is 2.39. The minimum absolute atomic E-state index is 0.124. The van der Waals surface area contributed by atoms with Crippen LogP contribution in [0.3, 0.4) is 0 Å². The van der Waals surface area contributed by atoms with Crippen molar-refractivity contribution in [1.29, 1.82) is 0 Å². The number of ether oxygens (including phenoxy) is 1. The average Bonchev–Trinajstić information content (AvgIpc) is 2.62. The van der Waals surface area contributed by atoms with Gasteiger partial charge in [0.15, 0.2) is 0 Å². The van der Waals surface area contributed by atoms with Crippen molar-refractivity contribution in [1.82, 2.24) is 10.0 Å². The molecule has 0 unspecified atom stereocenters. The van der Waals surface area contributed by atoms with Gasteiger partial charge in [-0.1, -0.05) is 0 Å². The van der Waals surface area contributed by atoms with Crippen LogP contribution in [-0.2, 0) is 9.53 Å². The van der Waals surface area contributed by atoms with Gasteiger partial charge in [0.05, 0.1) is 6.54 Å². The van der Waals surface area contributed by atoms with Gasteiger partial charge in [0, 0.05) is 24.6 Å². The molecule has 2 fully saturated rings. The molecule has 0 spiro atoms. The second kappa shape index (κ2) is 4.28. The Labute approximate surface area is 91.1 Å². The third-order valence-electron chi connectivity index (χ3n) is 2.40. The van der Waals surface area contributed by atoms with Crippen LogP contribution in [0.15, 0.2) is 0 Å². The summed E-state index contributed by atoms with van der Waals surface area (Å²) in [5, 5.41) is 12.0. The molecule has 2 aliphatic rings. The van der Waals surface area contributed by atoms with Crippen molar-refractivity contribution in [3.05, 3.63) is 0 Å². The number of carbonyl (C=O) groups excluding carboxylic acids is 1. The van der Waals surface area contributed by atoms with Crippen molar-refractivity contribution in [2.75, 3.05) is 31.1 Å². The molecule has 2 aliphatic heterocycles. The van der Waals surface area contributed by atoms with Gasteiger partial charge in [-0.2, -0.15) is 11.8 Å². The summed E-state index contributed by atoms with van der Waals surface area (Å²) < 4.78 is 4.73. The molecular weight excluding hydrogens is 220 g/mol. The summed E-state index contributed by atoms with van der Waals surface area (Å²) in [4.78, 5) is 22.0. The molecule has 0 saturated carbocycles. The van der Waals surface area contributed by atoms with E-state index in [2.05, 4.69) is 0 Å². The summed E-state index contributed by atoms with van der Waals surface area (Å²) in [6, 6.07) is 0. The zero-order chi connectivity index (χ0) is 10.8. The topological polar surface area (TPSA) is 70.1 Å². The summed E-state index contributed by atoms with van der Waals surface area (Å²) in [6.45, 7) is 1.66.